The number of nitrogens with zero attached hydrogens (tertiary/aromatic N) is 1. The topological polar surface area (TPSA) is 19.7 Å². The van der Waals surface area contributed by atoms with Crippen molar-refractivity contribution in [2.45, 2.75) is 64.5 Å². The number of piperidine rings is 1. The van der Waals surface area contributed by atoms with Gasteiger partial charge in [0.05, 0.1) is 19.1 Å². The number of aryl methyl sites for hydroxylation is 2. The van der Waals surface area contributed by atoms with Gasteiger partial charge in [-0.1, -0.05) is 18.2 Å². The lowest BCUT2D eigenvalue weighted by molar-refractivity contribution is -0.931. The molecular weight excluding hydrogens is 314 g/mol. The van der Waals surface area contributed by atoms with Gasteiger partial charge in [0.1, 0.15) is 0 Å². The molecule has 1 aliphatic carbocycles. The molecule has 132 valence electrons. The van der Waals surface area contributed by atoms with Gasteiger partial charge in [-0.25, -0.2) is 0 Å². The standard InChI is InChI=1S/C20H31N3S/c1-15-7-6-8-16(2)19(15)21-20(24)23-13-11-18(12-14-23)22(3)17-9-4-5-10-17/h6-8,17-18H,4-5,9-14H2,1-3H3,(H,21,24)/p+1. The van der Waals surface area contributed by atoms with Crippen molar-refractivity contribution in [3.05, 3.63) is 29.3 Å². The predicted octanol–water partition coefficient (Wildman–Crippen LogP) is 2.92. The van der Waals surface area contributed by atoms with Crippen LogP contribution in [0.25, 0.3) is 0 Å². The zero-order valence-corrected chi connectivity index (χ0v) is 16.2. The van der Waals surface area contributed by atoms with Crippen molar-refractivity contribution in [2.75, 3.05) is 25.5 Å². The first-order valence-corrected chi connectivity index (χ1v) is 9.92. The van der Waals surface area contributed by atoms with Gasteiger partial charge >= 0.3 is 0 Å². The molecule has 2 fully saturated rings. The van der Waals surface area contributed by atoms with E-state index >= 15 is 0 Å². The highest BCUT2D eigenvalue weighted by atomic mass is 32.1. The third-order valence-electron chi connectivity index (χ3n) is 6.14. The molecule has 2 N–H and O–H groups in total. The molecule has 1 saturated carbocycles. The van der Waals surface area contributed by atoms with Crippen molar-refractivity contribution in [1.29, 1.82) is 0 Å². The summed E-state index contributed by atoms with van der Waals surface area (Å²) in [6.07, 6.45) is 8.25. The van der Waals surface area contributed by atoms with E-state index in [1.54, 1.807) is 4.90 Å². The lowest BCUT2D eigenvalue weighted by Gasteiger charge is -2.38. The Labute approximate surface area is 152 Å². The van der Waals surface area contributed by atoms with E-state index in [0.717, 1.165) is 30.3 Å². The zero-order valence-electron chi connectivity index (χ0n) is 15.4. The van der Waals surface area contributed by atoms with Gasteiger partial charge < -0.3 is 15.1 Å². The largest absolute Gasteiger partial charge is 0.349 e. The van der Waals surface area contributed by atoms with Gasteiger partial charge in [-0.15, -0.1) is 0 Å². The van der Waals surface area contributed by atoms with Crippen LogP contribution in [0.5, 0.6) is 0 Å². The van der Waals surface area contributed by atoms with E-state index < -0.39 is 0 Å². The van der Waals surface area contributed by atoms with E-state index in [-0.39, 0.29) is 0 Å². The van der Waals surface area contributed by atoms with Crippen LogP contribution in [-0.2, 0) is 0 Å². The molecule has 24 heavy (non-hydrogen) atoms. The molecule has 1 aromatic carbocycles. The van der Waals surface area contributed by atoms with E-state index in [1.807, 2.05) is 0 Å². The summed E-state index contributed by atoms with van der Waals surface area (Å²) >= 11 is 5.69. The Morgan fingerprint density at radius 3 is 2.17 bits per heavy atom. The number of hydrogen-bond donors (Lipinski definition) is 2. The van der Waals surface area contributed by atoms with Crippen LogP contribution in [0, 0.1) is 13.8 Å². The zero-order chi connectivity index (χ0) is 17.1. The number of nitrogens with one attached hydrogen (secondary N) is 2. The maximum absolute atomic E-state index is 5.69. The molecule has 1 aromatic rings. The van der Waals surface area contributed by atoms with Gasteiger partial charge in [0, 0.05) is 31.6 Å². The fraction of sp³-hybridized carbons (Fsp3) is 0.650. The number of hydrogen-bond acceptors (Lipinski definition) is 1. The smallest absolute Gasteiger partial charge is 0.173 e. The minimum atomic E-state index is 0.812. The second-order valence-electron chi connectivity index (χ2n) is 7.68. The van der Waals surface area contributed by atoms with Crippen molar-refractivity contribution >= 4 is 23.0 Å². The molecule has 3 rings (SSSR count). The van der Waals surface area contributed by atoms with Gasteiger partial charge in [-0.3, -0.25) is 0 Å². The van der Waals surface area contributed by atoms with Crippen LogP contribution >= 0.6 is 12.2 Å². The Balaban J connectivity index is 1.53. The van der Waals surface area contributed by atoms with Gasteiger partial charge in [0.15, 0.2) is 5.11 Å². The van der Waals surface area contributed by atoms with E-state index in [0.29, 0.717) is 0 Å². The van der Waals surface area contributed by atoms with Crippen LogP contribution in [0.15, 0.2) is 18.2 Å². The van der Waals surface area contributed by atoms with Crippen molar-refractivity contribution in [1.82, 2.24) is 4.90 Å². The number of quaternary nitrogens is 1. The summed E-state index contributed by atoms with van der Waals surface area (Å²) in [4.78, 5) is 4.14. The first kappa shape index (κ1) is 17.7. The Bertz CT molecular complexity index is 552. The number of thiocarbonyl (C=S) groups is 1. The third-order valence-corrected chi connectivity index (χ3v) is 6.50. The summed E-state index contributed by atoms with van der Waals surface area (Å²) in [7, 11) is 2.42. The monoisotopic (exact) mass is 346 g/mol. The van der Waals surface area contributed by atoms with Crippen LogP contribution in [0.2, 0.25) is 0 Å². The van der Waals surface area contributed by atoms with Crippen LogP contribution < -0.4 is 10.2 Å². The molecule has 1 saturated heterocycles. The summed E-state index contributed by atoms with van der Waals surface area (Å²) in [6, 6.07) is 8.11. The third kappa shape index (κ3) is 3.92. The Morgan fingerprint density at radius 2 is 1.58 bits per heavy atom. The predicted molar refractivity (Wildman–Crippen MR) is 106 cm³/mol. The maximum atomic E-state index is 5.69. The second kappa shape index (κ2) is 7.83. The summed E-state index contributed by atoms with van der Waals surface area (Å²) in [5.74, 6) is 0. The number of benzene rings is 1. The molecule has 0 aromatic heterocycles. The van der Waals surface area contributed by atoms with Crippen LogP contribution in [-0.4, -0.2) is 42.2 Å². The summed E-state index contributed by atoms with van der Waals surface area (Å²) in [6.45, 7) is 6.46. The van der Waals surface area contributed by atoms with Crippen LogP contribution in [0.1, 0.15) is 49.7 Å². The fourth-order valence-electron chi connectivity index (χ4n) is 4.45. The van der Waals surface area contributed by atoms with Crippen LogP contribution in [0.3, 0.4) is 0 Å². The molecule has 0 spiro atoms. The van der Waals surface area contributed by atoms with Gasteiger partial charge in [0.2, 0.25) is 0 Å². The lowest BCUT2D eigenvalue weighted by atomic mass is 10.0. The average Bonchev–Trinajstić information content (AvgIpc) is 3.12. The van der Waals surface area contributed by atoms with E-state index in [2.05, 4.69) is 49.3 Å². The minimum Gasteiger partial charge on any atom is -0.349 e. The lowest BCUT2D eigenvalue weighted by Crippen LogP contribution is -3.16. The molecular formula is C20H32N3S+. The number of para-hydroxylation sites is 1. The van der Waals surface area contributed by atoms with Crippen molar-refractivity contribution < 1.29 is 4.90 Å². The van der Waals surface area contributed by atoms with Gasteiger partial charge in [0.25, 0.3) is 0 Å². The first-order chi connectivity index (χ1) is 11.6. The SMILES string of the molecule is Cc1cccc(C)c1NC(=S)N1CCC([NH+](C)C2CCCC2)CC1. The molecule has 0 bridgehead atoms. The molecule has 4 heteroatoms. The fourth-order valence-corrected chi connectivity index (χ4v) is 4.73. The summed E-state index contributed by atoms with van der Waals surface area (Å²) in [5.41, 5.74) is 3.70. The highest BCUT2D eigenvalue weighted by molar-refractivity contribution is 7.80. The normalized spacial score (nSPS) is 21.0. The average molecular weight is 347 g/mol. The molecule has 0 radical (unpaired) electrons. The van der Waals surface area contributed by atoms with Crippen molar-refractivity contribution in [3.63, 3.8) is 0 Å². The first-order valence-electron chi connectivity index (χ1n) is 9.51. The molecule has 1 unspecified atom stereocenters. The molecule has 1 atom stereocenters. The van der Waals surface area contributed by atoms with Crippen LogP contribution in [0.4, 0.5) is 5.69 Å². The number of anilines is 1. The Kier molecular flexibility index (Phi) is 5.77. The van der Waals surface area contributed by atoms with Crippen molar-refractivity contribution in [2.24, 2.45) is 0 Å². The summed E-state index contributed by atoms with van der Waals surface area (Å²) in [5, 5.41) is 4.39. The summed E-state index contributed by atoms with van der Waals surface area (Å²) < 4.78 is 0. The quantitative estimate of drug-likeness (QED) is 0.821. The number of likely N-dealkylation sites (tertiary alicyclic amines) is 1. The second-order valence-corrected chi connectivity index (χ2v) is 8.07. The highest BCUT2D eigenvalue weighted by Crippen LogP contribution is 2.21. The van der Waals surface area contributed by atoms with E-state index in [4.69, 9.17) is 12.2 Å². The van der Waals surface area contributed by atoms with Gasteiger partial charge in [-0.2, -0.15) is 0 Å². The van der Waals surface area contributed by atoms with Gasteiger partial charge in [-0.05, 0) is 62.9 Å². The molecule has 1 aliphatic heterocycles. The van der Waals surface area contributed by atoms with E-state index in [9.17, 15) is 0 Å². The molecule has 2 aliphatic rings. The maximum Gasteiger partial charge on any atom is 0.173 e. The molecule has 1 heterocycles. The molecule has 0 amide bonds. The van der Waals surface area contributed by atoms with Crippen molar-refractivity contribution in [3.8, 4) is 0 Å². The minimum absolute atomic E-state index is 0.812. The highest BCUT2D eigenvalue weighted by Gasteiger charge is 2.32. The molecule has 3 nitrogen and oxygen atoms in total. The Morgan fingerprint density at radius 1 is 1.04 bits per heavy atom. The Hall–Kier alpha value is -1.13. The number of rotatable bonds is 3. The van der Waals surface area contributed by atoms with E-state index in [1.165, 1.54) is 55.3 Å².